The van der Waals surface area contributed by atoms with Crippen molar-refractivity contribution in [2.24, 2.45) is 0 Å². The Morgan fingerprint density at radius 2 is 2.07 bits per heavy atom. The maximum atomic E-state index is 5.65. The van der Waals surface area contributed by atoms with Gasteiger partial charge in [-0.25, -0.2) is 4.98 Å². The van der Waals surface area contributed by atoms with E-state index in [9.17, 15) is 0 Å². The molecule has 76 valence electrons. The van der Waals surface area contributed by atoms with Crippen LogP contribution in [0.1, 0.15) is 39.2 Å². The maximum absolute atomic E-state index is 5.65. The summed E-state index contributed by atoms with van der Waals surface area (Å²) in [6.45, 7) is 6.59. The summed E-state index contributed by atoms with van der Waals surface area (Å²) in [5.41, 5.74) is 1.45. The Kier molecular flexibility index (Phi) is 2.22. The molecule has 2 nitrogen and oxygen atoms in total. The molecule has 0 atom stereocenters. The molecule has 0 aliphatic heterocycles. The molecule has 1 aliphatic rings. The van der Waals surface area contributed by atoms with E-state index in [1.165, 1.54) is 18.4 Å². The number of ether oxygens (including phenoxy) is 1. The fraction of sp³-hybridized carbons (Fsp3) is 0.583. The normalized spacial score (nSPS) is 16.8. The van der Waals surface area contributed by atoms with Crippen LogP contribution in [0, 0.1) is 0 Å². The van der Waals surface area contributed by atoms with E-state index in [1.54, 1.807) is 0 Å². The van der Waals surface area contributed by atoms with Crippen molar-refractivity contribution in [2.75, 3.05) is 0 Å². The molecule has 0 aromatic carbocycles. The van der Waals surface area contributed by atoms with Crippen LogP contribution in [0.4, 0.5) is 0 Å². The van der Waals surface area contributed by atoms with Gasteiger partial charge in [0.1, 0.15) is 6.10 Å². The Balaban J connectivity index is 2.17. The lowest BCUT2D eigenvalue weighted by molar-refractivity contribution is 0.290. The van der Waals surface area contributed by atoms with Crippen molar-refractivity contribution in [1.82, 2.24) is 4.98 Å². The fourth-order valence-electron chi connectivity index (χ4n) is 1.30. The van der Waals surface area contributed by atoms with Crippen molar-refractivity contribution in [1.29, 1.82) is 0 Å². The molecule has 14 heavy (non-hydrogen) atoms. The van der Waals surface area contributed by atoms with Crippen molar-refractivity contribution in [3.05, 3.63) is 23.9 Å². The first kappa shape index (κ1) is 9.50. The molecular weight excluding hydrogens is 174 g/mol. The summed E-state index contributed by atoms with van der Waals surface area (Å²) in [5, 5.41) is 0. The van der Waals surface area contributed by atoms with Gasteiger partial charge < -0.3 is 4.74 Å². The van der Waals surface area contributed by atoms with Crippen LogP contribution in [0.3, 0.4) is 0 Å². The average molecular weight is 191 g/mol. The Labute approximate surface area is 85.3 Å². The summed E-state index contributed by atoms with van der Waals surface area (Å²) in [6.07, 6.45) is 4.62. The SMILES string of the molecule is CC(C)(C)c1ccnc(OC2CC2)c1. The minimum atomic E-state index is 0.171. The first-order valence-electron chi connectivity index (χ1n) is 5.19. The van der Waals surface area contributed by atoms with Crippen molar-refractivity contribution in [3.63, 3.8) is 0 Å². The van der Waals surface area contributed by atoms with Crippen LogP contribution >= 0.6 is 0 Å². The summed E-state index contributed by atoms with van der Waals surface area (Å²) in [6, 6.07) is 4.11. The summed E-state index contributed by atoms with van der Waals surface area (Å²) in [4.78, 5) is 4.21. The standard InChI is InChI=1S/C12H17NO/c1-12(2,3)9-6-7-13-11(8-9)14-10-4-5-10/h6-8,10H,4-5H2,1-3H3. The molecule has 1 aromatic heterocycles. The molecule has 1 heterocycles. The van der Waals surface area contributed by atoms with Gasteiger partial charge in [0.15, 0.2) is 0 Å². The summed E-state index contributed by atoms with van der Waals surface area (Å²) >= 11 is 0. The van der Waals surface area contributed by atoms with E-state index in [-0.39, 0.29) is 5.41 Å². The highest BCUT2D eigenvalue weighted by Crippen LogP contribution is 2.28. The second-order valence-corrected chi connectivity index (χ2v) is 4.95. The van der Waals surface area contributed by atoms with Crippen molar-refractivity contribution in [2.45, 2.75) is 45.1 Å². The first-order valence-corrected chi connectivity index (χ1v) is 5.19. The second kappa shape index (κ2) is 3.26. The summed E-state index contributed by atoms with van der Waals surface area (Å²) < 4.78 is 5.65. The van der Waals surface area contributed by atoms with Crippen molar-refractivity contribution < 1.29 is 4.74 Å². The summed E-state index contributed by atoms with van der Waals surface area (Å²) in [5.74, 6) is 0.778. The third kappa shape index (κ3) is 2.25. The smallest absolute Gasteiger partial charge is 0.213 e. The predicted molar refractivity (Wildman–Crippen MR) is 56.6 cm³/mol. The minimum absolute atomic E-state index is 0.171. The minimum Gasteiger partial charge on any atom is -0.474 e. The van der Waals surface area contributed by atoms with Crippen LogP contribution in [-0.2, 0) is 5.41 Å². The van der Waals surface area contributed by atoms with Gasteiger partial charge in [-0.3, -0.25) is 0 Å². The number of pyridine rings is 1. The zero-order valence-corrected chi connectivity index (χ0v) is 9.08. The molecule has 1 aromatic rings. The van der Waals surface area contributed by atoms with Crippen molar-refractivity contribution in [3.8, 4) is 5.88 Å². The quantitative estimate of drug-likeness (QED) is 0.717. The highest BCUT2D eigenvalue weighted by Gasteiger charge is 2.24. The Bertz CT molecular complexity index is 323. The lowest BCUT2D eigenvalue weighted by Gasteiger charge is -2.19. The van der Waals surface area contributed by atoms with Gasteiger partial charge in [-0.1, -0.05) is 20.8 Å². The van der Waals surface area contributed by atoms with Gasteiger partial charge in [-0.05, 0) is 29.9 Å². The molecule has 0 radical (unpaired) electrons. The van der Waals surface area contributed by atoms with Gasteiger partial charge in [0, 0.05) is 12.3 Å². The fourth-order valence-corrected chi connectivity index (χ4v) is 1.30. The van der Waals surface area contributed by atoms with Gasteiger partial charge in [0.2, 0.25) is 5.88 Å². The molecule has 1 saturated carbocycles. The van der Waals surface area contributed by atoms with E-state index in [0.29, 0.717) is 6.10 Å². The van der Waals surface area contributed by atoms with Crippen LogP contribution < -0.4 is 4.74 Å². The topological polar surface area (TPSA) is 22.1 Å². The lowest BCUT2D eigenvalue weighted by atomic mass is 9.88. The molecule has 0 N–H and O–H groups in total. The van der Waals surface area contributed by atoms with Gasteiger partial charge in [-0.2, -0.15) is 0 Å². The van der Waals surface area contributed by atoms with Crippen LogP contribution in [-0.4, -0.2) is 11.1 Å². The first-order chi connectivity index (χ1) is 6.55. The summed E-state index contributed by atoms with van der Waals surface area (Å²) in [7, 11) is 0. The molecule has 2 rings (SSSR count). The van der Waals surface area contributed by atoms with Crippen LogP contribution in [0.5, 0.6) is 5.88 Å². The van der Waals surface area contributed by atoms with E-state index in [2.05, 4.69) is 37.9 Å². The van der Waals surface area contributed by atoms with Crippen LogP contribution in [0.25, 0.3) is 0 Å². The highest BCUT2D eigenvalue weighted by molar-refractivity contribution is 5.26. The largest absolute Gasteiger partial charge is 0.474 e. The third-order valence-electron chi connectivity index (χ3n) is 2.41. The Morgan fingerprint density at radius 1 is 1.36 bits per heavy atom. The predicted octanol–water partition coefficient (Wildman–Crippen LogP) is 2.92. The maximum Gasteiger partial charge on any atom is 0.213 e. The van der Waals surface area contributed by atoms with Crippen LogP contribution in [0.15, 0.2) is 18.3 Å². The van der Waals surface area contributed by atoms with E-state index in [0.717, 1.165) is 5.88 Å². The third-order valence-corrected chi connectivity index (χ3v) is 2.41. The second-order valence-electron chi connectivity index (χ2n) is 4.95. The zero-order chi connectivity index (χ0) is 10.2. The highest BCUT2D eigenvalue weighted by atomic mass is 16.5. The molecule has 2 heteroatoms. The van der Waals surface area contributed by atoms with Gasteiger partial charge in [-0.15, -0.1) is 0 Å². The number of hydrogen-bond acceptors (Lipinski definition) is 2. The van der Waals surface area contributed by atoms with Gasteiger partial charge in [0.25, 0.3) is 0 Å². The van der Waals surface area contributed by atoms with E-state index >= 15 is 0 Å². The number of aromatic nitrogens is 1. The molecule has 1 aliphatic carbocycles. The monoisotopic (exact) mass is 191 g/mol. The number of hydrogen-bond donors (Lipinski definition) is 0. The molecule has 0 unspecified atom stereocenters. The van der Waals surface area contributed by atoms with Crippen molar-refractivity contribution >= 4 is 0 Å². The van der Waals surface area contributed by atoms with E-state index in [4.69, 9.17) is 4.74 Å². The molecule has 0 amide bonds. The number of rotatable bonds is 2. The Hall–Kier alpha value is -1.05. The zero-order valence-electron chi connectivity index (χ0n) is 9.08. The van der Waals surface area contributed by atoms with Gasteiger partial charge in [0.05, 0.1) is 0 Å². The Morgan fingerprint density at radius 3 is 2.64 bits per heavy atom. The average Bonchev–Trinajstić information content (AvgIpc) is 2.87. The molecule has 0 bridgehead atoms. The lowest BCUT2D eigenvalue weighted by Crippen LogP contribution is -2.11. The number of nitrogens with zero attached hydrogens (tertiary/aromatic N) is 1. The molecule has 0 saturated heterocycles. The van der Waals surface area contributed by atoms with Gasteiger partial charge >= 0.3 is 0 Å². The molecule has 1 fully saturated rings. The van der Waals surface area contributed by atoms with Crippen LogP contribution in [0.2, 0.25) is 0 Å². The van der Waals surface area contributed by atoms with E-state index in [1.807, 2.05) is 6.20 Å². The molecular formula is C12H17NO. The molecule has 0 spiro atoms. The van der Waals surface area contributed by atoms with E-state index < -0.39 is 0 Å².